The smallest absolute Gasteiger partial charge is 0.251 e. The van der Waals surface area contributed by atoms with Crippen LogP contribution in [0.4, 0.5) is 0 Å². The Labute approximate surface area is 103 Å². The maximum Gasteiger partial charge on any atom is 0.251 e. The van der Waals surface area contributed by atoms with Crippen molar-refractivity contribution in [3.05, 3.63) is 34.9 Å². The molecule has 1 saturated carbocycles. The number of hydrogen-bond donors (Lipinski definition) is 1. The highest BCUT2D eigenvalue weighted by Gasteiger charge is 2.20. The Morgan fingerprint density at radius 1 is 1.24 bits per heavy atom. The van der Waals surface area contributed by atoms with E-state index in [-0.39, 0.29) is 5.91 Å². The molecule has 2 rings (SSSR count). The fourth-order valence-electron chi connectivity index (χ4n) is 2.77. The van der Waals surface area contributed by atoms with Crippen LogP contribution in [-0.2, 0) is 0 Å². The summed E-state index contributed by atoms with van der Waals surface area (Å²) < 4.78 is 0. The van der Waals surface area contributed by atoms with Gasteiger partial charge in [0.15, 0.2) is 0 Å². The minimum atomic E-state index is 0.0468. The molecule has 1 fully saturated rings. The van der Waals surface area contributed by atoms with Crippen molar-refractivity contribution in [2.75, 3.05) is 7.05 Å². The monoisotopic (exact) mass is 231 g/mol. The molecule has 0 unspecified atom stereocenters. The molecule has 1 amide bonds. The summed E-state index contributed by atoms with van der Waals surface area (Å²) in [6, 6.07) is 6.19. The van der Waals surface area contributed by atoms with E-state index in [0.717, 1.165) is 5.56 Å². The summed E-state index contributed by atoms with van der Waals surface area (Å²) in [6.45, 7) is 2.10. The third-order valence-electron chi connectivity index (χ3n) is 3.72. The van der Waals surface area contributed by atoms with Crippen LogP contribution in [0.25, 0.3) is 0 Å². The summed E-state index contributed by atoms with van der Waals surface area (Å²) in [7, 11) is 1.70. The van der Waals surface area contributed by atoms with Crippen molar-refractivity contribution < 1.29 is 4.79 Å². The highest BCUT2D eigenvalue weighted by Crippen LogP contribution is 2.34. The van der Waals surface area contributed by atoms with Crippen LogP contribution in [0.1, 0.15) is 59.5 Å². The molecule has 0 saturated heterocycles. The van der Waals surface area contributed by atoms with Gasteiger partial charge in [-0.1, -0.05) is 37.0 Å². The van der Waals surface area contributed by atoms with Gasteiger partial charge in [0.05, 0.1) is 0 Å². The lowest BCUT2D eigenvalue weighted by atomic mass is 9.81. The molecule has 1 aromatic rings. The van der Waals surface area contributed by atoms with Crippen molar-refractivity contribution in [3.8, 4) is 0 Å². The van der Waals surface area contributed by atoms with Crippen molar-refractivity contribution in [2.24, 2.45) is 0 Å². The predicted octanol–water partition coefficient (Wildman–Crippen LogP) is 3.40. The summed E-state index contributed by atoms with van der Waals surface area (Å²) in [6.07, 6.45) is 6.40. The second-order valence-corrected chi connectivity index (χ2v) is 5.00. The molecule has 1 N–H and O–H groups in total. The molecule has 2 nitrogen and oxygen atoms in total. The number of amides is 1. The Morgan fingerprint density at radius 2 is 1.94 bits per heavy atom. The molecule has 0 aliphatic heterocycles. The molecule has 0 aromatic heterocycles. The van der Waals surface area contributed by atoms with E-state index in [2.05, 4.69) is 18.3 Å². The molecule has 1 aliphatic rings. The van der Waals surface area contributed by atoms with Crippen LogP contribution in [0.2, 0.25) is 0 Å². The number of benzene rings is 1. The van der Waals surface area contributed by atoms with Crippen molar-refractivity contribution in [1.29, 1.82) is 0 Å². The molecule has 0 radical (unpaired) electrons. The summed E-state index contributed by atoms with van der Waals surface area (Å²) in [4.78, 5) is 11.9. The summed E-state index contributed by atoms with van der Waals surface area (Å²) in [5.74, 6) is 0.626. The second-order valence-electron chi connectivity index (χ2n) is 5.00. The van der Waals surface area contributed by atoms with E-state index < -0.39 is 0 Å². The van der Waals surface area contributed by atoms with Gasteiger partial charge in [0, 0.05) is 12.6 Å². The van der Waals surface area contributed by atoms with E-state index in [1.807, 2.05) is 12.1 Å². The first-order valence-electron chi connectivity index (χ1n) is 6.55. The largest absolute Gasteiger partial charge is 0.355 e. The van der Waals surface area contributed by atoms with Crippen molar-refractivity contribution in [1.82, 2.24) is 5.32 Å². The summed E-state index contributed by atoms with van der Waals surface area (Å²) in [5, 5.41) is 2.74. The zero-order chi connectivity index (χ0) is 12.3. The topological polar surface area (TPSA) is 29.1 Å². The number of carbonyl (C=O) groups is 1. The number of aryl methyl sites for hydroxylation is 1. The zero-order valence-electron chi connectivity index (χ0n) is 10.8. The van der Waals surface area contributed by atoms with Crippen LogP contribution in [0, 0.1) is 6.92 Å². The van der Waals surface area contributed by atoms with Crippen LogP contribution in [0.3, 0.4) is 0 Å². The molecular formula is C15H21NO. The van der Waals surface area contributed by atoms with Gasteiger partial charge in [-0.2, -0.15) is 0 Å². The van der Waals surface area contributed by atoms with Crippen molar-refractivity contribution in [2.45, 2.75) is 44.9 Å². The zero-order valence-corrected chi connectivity index (χ0v) is 10.8. The van der Waals surface area contributed by atoms with E-state index in [1.165, 1.54) is 43.2 Å². The number of hydrogen-bond acceptors (Lipinski definition) is 1. The highest BCUT2D eigenvalue weighted by molar-refractivity contribution is 5.95. The fourth-order valence-corrected chi connectivity index (χ4v) is 2.77. The van der Waals surface area contributed by atoms with Gasteiger partial charge < -0.3 is 5.32 Å². The van der Waals surface area contributed by atoms with Gasteiger partial charge in [-0.15, -0.1) is 0 Å². The first-order valence-corrected chi connectivity index (χ1v) is 6.55. The molecule has 17 heavy (non-hydrogen) atoms. The Bertz CT molecular complexity index is 405. The van der Waals surface area contributed by atoms with E-state index in [1.54, 1.807) is 7.05 Å². The normalized spacial score (nSPS) is 16.8. The Hall–Kier alpha value is -1.31. The summed E-state index contributed by atoms with van der Waals surface area (Å²) >= 11 is 0. The number of nitrogens with one attached hydrogen (secondary N) is 1. The van der Waals surface area contributed by atoms with Crippen LogP contribution in [-0.4, -0.2) is 13.0 Å². The third-order valence-corrected chi connectivity index (χ3v) is 3.72. The van der Waals surface area contributed by atoms with Crippen LogP contribution in [0.5, 0.6) is 0 Å². The first kappa shape index (κ1) is 12.2. The average molecular weight is 231 g/mol. The number of carbonyl (C=O) groups excluding carboxylic acids is 1. The molecule has 92 valence electrons. The Balaban J connectivity index is 2.35. The first-order chi connectivity index (χ1) is 8.22. The van der Waals surface area contributed by atoms with Crippen LogP contribution in [0.15, 0.2) is 18.2 Å². The van der Waals surface area contributed by atoms with Crippen molar-refractivity contribution >= 4 is 5.91 Å². The van der Waals surface area contributed by atoms with Gasteiger partial charge in [-0.05, 0) is 37.3 Å². The maximum atomic E-state index is 11.9. The van der Waals surface area contributed by atoms with E-state index in [0.29, 0.717) is 5.92 Å². The van der Waals surface area contributed by atoms with Gasteiger partial charge in [0.1, 0.15) is 0 Å². The lowest BCUT2D eigenvalue weighted by Gasteiger charge is -2.24. The maximum absolute atomic E-state index is 11.9. The third kappa shape index (κ3) is 2.68. The van der Waals surface area contributed by atoms with Crippen molar-refractivity contribution in [3.63, 3.8) is 0 Å². The standard InChI is InChI=1S/C15H21NO/c1-11-8-9-13(15(17)16-2)14(10-11)12-6-4-3-5-7-12/h8-10,12H,3-7H2,1-2H3,(H,16,17). The minimum Gasteiger partial charge on any atom is -0.355 e. The van der Waals surface area contributed by atoms with Gasteiger partial charge >= 0.3 is 0 Å². The second kappa shape index (κ2) is 5.35. The van der Waals surface area contributed by atoms with Crippen LogP contribution < -0.4 is 5.32 Å². The van der Waals surface area contributed by atoms with Gasteiger partial charge in [0.25, 0.3) is 5.91 Å². The van der Waals surface area contributed by atoms with E-state index in [4.69, 9.17) is 0 Å². The molecule has 1 aromatic carbocycles. The van der Waals surface area contributed by atoms with Gasteiger partial charge in [-0.3, -0.25) is 4.79 Å². The molecule has 2 heteroatoms. The fraction of sp³-hybridized carbons (Fsp3) is 0.533. The van der Waals surface area contributed by atoms with Gasteiger partial charge in [0.2, 0.25) is 0 Å². The number of rotatable bonds is 2. The lowest BCUT2D eigenvalue weighted by Crippen LogP contribution is -2.21. The molecular weight excluding hydrogens is 210 g/mol. The Kier molecular flexibility index (Phi) is 3.82. The SMILES string of the molecule is CNC(=O)c1ccc(C)cc1C1CCCCC1. The molecule has 1 aliphatic carbocycles. The van der Waals surface area contributed by atoms with E-state index >= 15 is 0 Å². The predicted molar refractivity (Wildman–Crippen MR) is 70.4 cm³/mol. The quantitative estimate of drug-likeness (QED) is 0.830. The minimum absolute atomic E-state index is 0.0468. The van der Waals surface area contributed by atoms with Crippen LogP contribution >= 0.6 is 0 Å². The van der Waals surface area contributed by atoms with E-state index in [9.17, 15) is 4.79 Å². The molecule has 0 atom stereocenters. The van der Waals surface area contributed by atoms with Gasteiger partial charge in [-0.25, -0.2) is 0 Å². The molecule has 0 bridgehead atoms. The summed E-state index contributed by atoms with van der Waals surface area (Å²) in [5.41, 5.74) is 3.37. The highest BCUT2D eigenvalue weighted by atomic mass is 16.1. The molecule has 0 spiro atoms. The average Bonchev–Trinajstić information content (AvgIpc) is 2.39. The lowest BCUT2D eigenvalue weighted by molar-refractivity contribution is 0.0961. The molecule has 0 heterocycles. The Morgan fingerprint density at radius 3 is 2.59 bits per heavy atom.